The molecule has 7 N–H and O–H groups in total. The first-order chi connectivity index (χ1) is 5.72. The van der Waals surface area contributed by atoms with Gasteiger partial charge >= 0.3 is 0 Å². The molecule has 1 atom stereocenters. The molecule has 0 saturated carbocycles. The van der Waals surface area contributed by atoms with E-state index in [1.54, 1.807) is 0 Å². The zero-order chi connectivity index (χ0) is 9.40. The van der Waals surface area contributed by atoms with E-state index in [-0.39, 0.29) is 5.91 Å². The molecule has 0 saturated heterocycles. The Morgan fingerprint density at radius 1 is 1.33 bits per heavy atom. The molecule has 1 amide bonds. The maximum Gasteiger partial charge on any atom is 0.236 e. The molecule has 0 bridgehead atoms. The number of hydrogen-bond acceptors (Lipinski definition) is 4. The summed E-state index contributed by atoms with van der Waals surface area (Å²) in [6, 6.07) is -0.479. The fourth-order valence-corrected chi connectivity index (χ4v) is 0.755. The molecular weight excluding hydrogens is 156 g/mol. The first-order valence-electron chi connectivity index (χ1n) is 4.15. The van der Waals surface area contributed by atoms with Crippen molar-refractivity contribution in [1.29, 1.82) is 0 Å². The molecule has 0 aromatic rings. The number of nitrogens with one attached hydrogen (secondary N) is 1. The minimum absolute atomic E-state index is 0.145. The molecule has 0 aliphatic carbocycles. The van der Waals surface area contributed by atoms with Gasteiger partial charge in [-0.2, -0.15) is 0 Å². The van der Waals surface area contributed by atoms with Crippen LogP contribution in [-0.2, 0) is 4.79 Å². The van der Waals surface area contributed by atoms with Gasteiger partial charge < -0.3 is 22.5 Å². The van der Waals surface area contributed by atoms with Crippen LogP contribution in [0.2, 0.25) is 0 Å². The molecule has 12 heavy (non-hydrogen) atoms. The quantitative estimate of drug-likeness (QED) is 0.354. The van der Waals surface area contributed by atoms with E-state index in [4.69, 9.17) is 17.2 Å². The maximum atomic E-state index is 11.1. The average Bonchev–Trinajstić information content (AvgIpc) is 2.05. The highest BCUT2D eigenvalue weighted by molar-refractivity contribution is 5.81. The number of carbonyl (C=O) groups excluding carboxylic acids is 1. The average molecular weight is 174 g/mol. The van der Waals surface area contributed by atoms with E-state index in [0.717, 1.165) is 6.42 Å². The number of hydrogen-bond donors (Lipinski definition) is 4. The van der Waals surface area contributed by atoms with Crippen molar-refractivity contribution in [2.24, 2.45) is 17.2 Å². The molecular formula is C7H18N4O. The van der Waals surface area contributed by atoms with Crippen molar-refractivity contribution in [3.05, 3.63) is 0 Å². The van der Waals surface area contributed by atoms with Crippen LogP contribution in [0.5, 0.6) is 0 Å². The monoisotopic (exact) mass is 174 g/mol. The van der Waals surface area contributed by atoms with Gasteiger partial charge in [-0.3, -0.25) is 4.79 Å². The Balaban J connectivity index is 3.43. The molecule has 0 aromatic heterocycles. The van der Waals surface area contributed by atoms with Crippen LogP contribution < -0.4 is 22.5 Å². The van der Waals surface area contributed by atoms with Gasteiger partial charge in [0.15, 0.2) is 0 Å². The van der Waals surface area contributed by atoms with Crippen molar-refractivity contribution in [3.63, 3.8) is 0 Å². The number of rotatable bonds is 6. The fourth-order valence-electron chi connectivity index (χ4n) is 0.755. The second kappa shape index (κ2) is 7.02. The highest BCUT2D eigenvalue weighted by atomic mass is 16.2. The first kappa shape index (κ1) is 11.4. The van der Waals surface area contributed by atoms with Gasteiger partial charge in [0.05, 0.1) is 6.04 Å². The van der Waals surface area contributed by atoms with Crippen LogP contribution in [0.1, 0.15) is 12.8 Å². The highest BCUT2D eigenvalue weighted by Crippen LogP contribution is 1.85. The third-order valence-corrected chi connectivity index (χ3v) is 1.49. The largest absolute Gasteiger partial charge is 0.355 e. The van der Waals surface area contributed by atoms with Gasteiger partial charge in [0, 0.05) is 6.54 Å². The summed E-state index contributed by atoms with van der Waals surface area (Å²) in [4.78, 5) is 11.1. The Morgan fingerprint density at radius 2 is 2.00 bits per heavy atom. The highest BCUT2D eigenvalue weighted by Gasteiger charge is 2.10. The second-order valence-electron chi connectivity index (χ2n) is 2.62. The third kappa shape index (κ3) is 5.06. The summed E-state index contributed by atoms with van der Waals surface area (Å²) in [6.07, 6.45) is 1.30. The first-order valence-corrected chi connectivity index (χ1v) is 4.15. The van der Waals surface area contributed by atoms with Crippen LogP contribution in [0.3, 0.4) is 0 Å². The lowest BCUT2D eigenvalue weighted by atomic mass is 10.2. The summed E-state index contributed by atoms with van der Waals surface area (Å²) in [5.41, 5.74) is 16.0. The lowest BCUT2D eigenvalue weighted by molar-refractivity contribution is -0.122. The number of carbonyl (C=O) groups is 1. The van der Waals surface area contributed by atoms with Crippen LogP contribution in [0.4, 0.5) is 0 Å². The topological polar surface area (TPSA) is 107 Å². The van der Waals surface area contributed by atoms with Gasteiger partial charge in [-0.05, 0) is 25.9 Å². The van der Waals surface area contributed by atoms with Crippen LogP contribution in [0.15, 0.2) is 0 Å². The second-order valence-corrected chi connectivity index (χ2v) is 2.62. The summed E-state index contributed by atoms with van der Waals surface area (Å²) in [5.74, 6) is -0.145. The number of nitrogens with two attached hydrogens (primary N) is 3. The van der Waals surface area contributed by atoms with E-state index in [1.807, 2.05) is 0 Å². The zero-order valence-electron chi connectivity index (χ0n) is 7.25. The Bertz CT molecular complexity index is 129. The van der Waals surface area contributed by atoms with Crippen LogP contribution >= 0.6 is 0 Å². The minimum atomic E-state index is -0.479. The van der Waals surface area contributed by atoms with Crippen molar-refractivity contribution >= 4 is 5.91 Å². The predicted octanol–water partition coefficient (Wildman–Crippen LogP) is -1.87. The van der Waals surface area contributed by atoms with Gasteiger partial charge in [0.25, 0.3) is 0 Å². The van der Waals surface area contributed by atoms with Crippen LogP contribution in [0, 0.1) is 0 Å². The standard InChI is InChI=1S/C7H18N4O/c8-3-1-5-11-7(12)6(10)2-4-9/h6H,1-5,8-10H2,(H,11,12). The molecule has 0 heterocycles. The van der Waals surface area contributed by atoms with E-state index in [2.05, 4.69) is 5.32 Å². The van der Waals surface area contributed by atoms with Crippen molar-refractivity contribution in [3.8, 4) is 0 Å². The van der Waals surface area contributed by atoms with Crippen LogP contribution in [-0.4, -0.2) is 31.6 Å². The summed E-state index contributed by atoms with van der Waals surface area (Å²) in [5, 5.41) is 2.67. The molecule has 0 fully saturated rings. The van der Waals surface area contributed by atoms with Crippen molar-refractivity contribution in [1.82, 2.24) is 5.32 Å². The molecule has 0 radical (unpaired) electrons. The van der Waals surface area contributed by atoms with E-state index in [1.165, 1.54) is 0 Å². The minimum Gasteiger partial charge on any atom is -0.355 e. The smallest absolute Gasteiger partial charge is 0.236 e. The Hall–Kier alpha value is -0.650. The molecule has 0 aliphatic rings. The lowest BCUT2D eigenvalue weighted by Gasteiger charge is -2.10. The SMILES string of the molecule is NCCCNC(=O)C(N)CCN. The van der Waals surface area contributed by atoms with Gasteiger partial charge in [-0.1, -0.05) is 0 Å². The Labute approximate surface area is 72.7 Å². The summed E-state index contributed by atoms with van der Waals surface area (Å²) in [6.45, 7) is 1.60. The molecule has 0 spiro atoms. The fraction of sp³-hybridized carbons (Fsp3) is 0.857. The summed E-state index contributed by atoms with van der Waals surface area (Å²) < 4.78 is 0. The summed E-state index contributed by atoms with van der Waals surface area (Å²) >= 11 is 0. The molecule has 5 nitrogen and oxygen atoms in total. The molecule has 5 heteroatoms. The van der Waals surface area contributed by atoms with Gasteiger partial charge in [0.2, 0.25) is 5.91 Å². The normalized spacial score (nSPS) is 12.6. The van der Waals surface area contributed by atoms with Crippen LogP contribution in [0.25, 0.3) is 0 Å². The molecule has 0 aliphatic heterocycles. The van der Waals surface area contributed by atoms with E-state index in [0.29, 0.717) is 26.1 Å². The van der Waals surface area contributed by atoms with Crippen molar-refractivity contribution in [2.75, 3.05) is 19.6 Å². The van der Waals surface area contributed by atoms with E-state index >= 15 is 0 Å². The number of amides is 1. The molecule has 0 rings (SSSR count). The van der Waals surface area contributed by atoms with Gasteiger partial charge in [-0.15, -0.1) is 0 Å². The maximum absolute atomic E-state index is 11.1. The van der Waals surface area contributed by atoms with E-state index in [9.17, 15) is 4.79 Å². The van der Waals surface area contributed by atoms with Crippen molar-refractivity contribution < 1.29 is 4.79 Å². The zero-order valence-corrected chi connectivity index (χ0v) is 7.25. The van der Waals surface area contributed by atoms with Crippen molar-refractivity contribution in [2.45, 2.75) is 18.9 Å². The Kier molecular flexibility index (Phi) is 6.64. The lowest BCUT2D eigenvalue weighted by Crippen LogP contribution is -2.42. The van der Waals surface area contributed by atoms with E-state index < -0.39 is 6.04 Å². The molecule has 72 valence electrons. The predicted molar refractivity (Wildman–Crippen MR) is 48.3 cm³/mol. The summed E-state index contributed by atoms with van der Waals surface area (Å²) in [7, 11) is 0. The molecule has 1 unspecified atom stereocenters. The van der Waals surface area contributed by atoms with Gasteiger partial charge in [-0.25, -0.2) is 0 Å². The third-order valence-electron chi connectivity index (χ3n) is 1.49. The molecule has 0 aromatic carbocycles. The van der Waals surface area contributed by atoms with Gasteiger partial charge in [0.1, 0.15) is 0 Å². The Morgan fingerprint density at radius 3 is 2.50 bits per heavy atom.